The molecule has 1 aromatic carbocycles. The zero-order valence-corrected chi connectivity index (χ0v) is 12.7. The molecule has 4 nitrogen and oxygen atoms in total. The van der Waals surface area contributed by atoms with E-state index in [-0.39, 0.29) is 6.04 Å². The van der Waals surface area contributed by atoms with Gasteiger partial charge in [-0.05, 0) is 32.9 Å². The molecule has 0 amide bonds. The summed E-state index contributed by atoms with van der Waals surface area (Å²) in [4.78, 5) is 4.21. The lowest BCUT2D eigenvalue weighted by molar-refractivity contribution is 0.595. The van der Waals surface area contributed by atoms with Crippen LogP contribution in [-0.2, 0) is 6.42 Å². The number of benzene rings is 1. The number of fused-ring (bicyclic) bond motifs is 1. The van der Waals surface area contributed by atoms with Crippen molar-refractivity contribution in [1.29, 1.82) is 0 Å². The summed E-state index contributed by atoms with van der Waals surface area (Å²) in [5.41, 5.74) is 6.20. The smallest absolute Gasteiger partial charge is 0.0892 e. The van der Waals surface area contributed by atoms with Crippen LogP contribution in [0.15, 0.2) is 43.0 Å². The molecule has 0 saturated carbocycles. The van der Waals surface area contributed by atoms with Crippen molar-refractivity contribution in [3.63, 3.8) is 0 Å². The lowest BCUT2D eigenvalue weighted by atomic mass is 9.97. The van der Waals surface area contributed by atoms with Gasteiger partial charge in [0.05, 0.1) is 17.9 Å². The van der Waals surface area contributed by atoms with Crippen molar-refractivity contribution in [3.05, 3.63) is 65.2 Å². The summed E-state index contributed by atoms with van der Waals surface area (Å²) in [7, 11) is 1.99. The summed E-state index contributed by atoms with van der Waals surface area (Å²) in [5, 5.41) is 7.80. The summed E-state index contributed by atoms with van der Waals surface area (Å²) >= 11 is 0. The Balaban J connectivity index is 1.95. The van der Waals surface area contributed by atoms with Crippen LogP contribution in [0.3, 0.4) is 0 Å². The molecule has 4 heteroatoms. The molecule has 3 rings (SSSR count). The molecule has 2 heterocycles. The highest BCUT2D eigenvalue weighted by Gasteiger charge is 2.15. The Morgan fingerprint density at radius 2 is 1.90 bits per heavy atom. The van der Waals surface area contributed by atoms with Crippen molar-refractivity contribution in [2.75, 3.05) is 7.05 Å². The molecule has 0 aliphatic heterocycles. The van der Waals surface area contributed by atoms with Crippen LogP contribution >= 0.6 is 0 Å². The first kappa shape index (κ1) is 13.8. The normalized spacial score (nSPS) is 12.7. The summed E-state index contributed by atoms with van der Waals surface area (Å²) in [5.74, 6) is 0. The minimum absolute atomic E-state index is 0.230. The molecule has 0 saturated heterocycles. The van der Waals surface area contributed by atoms with Gasteiger partial charge in [-0.3, -0.25) is 4.98 Å². The Morgan fingerprint density at radius 3 is 2.62 bits per heavy atom. The summed E-state index contributed by atoms with van der Waals surface area (Å²) in [6, 6.07) is 6.94. The van der Waals surface area contributed by atoms with E-state index in [0.29, 0.717) is 0 Å². The SMILES string of the molecule is CNC(Cc1cc(C)cc(C)c1)c1cnn2ccncc12. The van der Waals surface area contributed by atoms with Gasteiger partial charge >= 0.3 is 0 Å². The molecule has 21 heavy (non-hydrogen) atoms. The number of hydrogen-bond donors (Lipinski definition) is 1. The average Bonchev–Trinajstić information content (AvgIpc) is 2.87. The molecule has 2 aromatic heterocycles. The van der Waals surface area contributed by atoms with Gasteiger partial charge in [-0.15, -0.1) is 0 Å². The maximum atomic E-state index is 4.40. The number of nitrogens with zero attached hydrogens (tertiary/aromatic N) is 3. The van der Waals surface area contributed by atoms with Gasteiger partial charge in [0.15, 0.2) is 0 Å². The van der Waals surface area contributed by atoms with Crippen LogP contribution in [0.25, 0.3) is 5.52 Å². The van der Waals surface area contributed by atoms with Gasteiger partial charge in [-0.1, -0.05) is 29.3 Å². The molecule has 0 fully saturated rings. The zero-order valence-electron chi connectivity index (χ0n) is 12.7. The van der Waals surface area contributed by atoms with Gasteiger partial charge in [0.25, 0.3) is 0 Å². The van der Waals surface area contributed by atoms with Gasteiger partial charge in [-0.25, -0.2) is 4.52 Å². The fraction of sp³-hybridized carbons (Fsp3) is 0.294. The van der Waals surface area contributed by atoms with E-state index in [1.54, 1.807) is 6.20 Å². The third-order valence-corrected chi connectivity index (χ3v) is 3.80. The molecule has 0 aliphatic rings. The van der Waals surface area contributed by atoms with Gasteiger partial charge in [0, 0.05) is 24.0 Å². The van der Waals surface area contributed by atoms with Crippen LogP contribution < -0.4 is 5.32 Å². The van der Waals surface area contributed by atoms with Crippen LogP contribution in [0.2, 0.25) is 0 Å². The molecule has 1 N–H and O–H groups in total. The van der Waals surface area contributed by atoms with E-state index >= 15 is 0 Å². The number of aromatic nitrogens is 3. The predicted molar refractivity (Wildman–Crippen MR) is 84.4 cm³/mol. The summed E-state index contributed by atoms with van der Waals surface area (Å²) in [6.45, 7) is 4.29. The Kier molecular flexibility index (Phi) is 3.71. The number of aryl methyl sites for hydroxylation is 2. The van der Waals surface area contributed by atoms with Crippen molar-refractivity contribution >= 4 is 5.52 Å². The Hall–Kier alpha value is -2.20. The van der Waals surface area contributed by atoms with E-state index in [2.05, 4.69) is 47.4 Å². The molecule has 0 bridgehead atoms. The van der Waals surface area contributed by atoms with Gasteiger partial charge in [0.1, 0.15) is 0 Å². The molecule has 1 atom stereocenters. The molecular formula is C17H20N4. The minimum atomic E-state index is 0.230. The maximum Gasteiger partial charge on any atom is 0.0892 e. The predicted octanol–water partition coefficient (Wildman–Crippen LogP) is 2.85. The third kappa shape index (κ3) is 2.81. The van der Waals surface area contributed by atoms with E-state index in [9.17, 15) is 0 Å². The van der Waals surface area contributed by atoms with Crippen LogP contribution in [0.1, 0.15) is 28.3 Å². The summed E-state index contributed by atoms with van der Waals surface area (Å²) < 4.78 is 1.87. The van der Waals surface area contributed by atoms with Crippen molar-refractivity contribution in [3.8, 4) is 0 Å². The molecule has 0 spiro atoms. The van der Waals surface area contributed by atoms with Gasteiger partial charge in [-0.2, -0.15) is 5.10 Å². The van der Waals surface area contributed by atoms with E-state index < -0.39 is 0 Å². The van der Waals surface area contributed by atoms with Crippen molar-refractivity contribution in [2.24, 2.45) is 0 Å². The molecule has 0 radical (unpaired) electrons. The average molecular weight is 280 g/mol. The maximum absolute atomic E-state index is 4.40. The number of likely N-dealkylation sites (N-methyl/N-ethyl adjacent to an activating group) is 1. The fourth-order valence-corrected chi connectivity index (χ4v) is 2.91. The van der Waals surface area contributed by atoms with E-state index in [1.807, 2.05) is 30.2 Å². The fourth-order valence-electron chi connectivity index (χ4n) is 2.91. The summed E-state index contributed by atoms with van der Waals surface area (Å²) in [6.07, 6.45) is 8.37. The third-order valence-electron chi connectivity index (χ3n) is 3.80. The standard InChI is InChI=1S/C17H20N4/c1-12-6-13(2)8-14(7-12)9-16(18-3)15-10-20-21-5-4-19-11-17(15)21/h4-8,10-11,16,18H,9H2,1-3H3. The number of nitrogens with one attached hydrogen (secondary N) is 1. The molecule has 108 valence electrons. The highest BCUT2D eigenvalue weighted by atomic mass is 15.2. The lowest BCUT2D eigenvalue weighted by Gasteiger charge is -2.16. The molecule has 1 unspecified atom stereocenters. The highest BCUT2D eigenvalue weighted by molar-refractivity contribution is 5.53. The van der Waals surface area contributed by atoms with Crippen LogP contribution in [0.4, 0.5) is 0 Å². The second-order valence-electron chi connectivity index (χ2n) is 5.55. The van der Waals surface area contributed by atoms with Crippen LogP contribution in [-0.4, -0.2) is 21.6 Å². The van der Waals surface area contributed by atoms with Gasteiger partial charge in [0.2, 0.25) is 0 Å². The van der Waals surface area contributed by atoms with Gasteiger partial charge < -0.3 is 5.32 Å². The molecule has 0 aliphatic carbocycles. The molecular weight excluding hydrogens is 260 g/mol. The topological polar surface area (TPSA) is 42.2 Å². The lowest BCUT2D eigenvalue weighted by Crippen LogP contribution is -2.18. The largest absolute Gasteiger partial charge is 0.313 e. The number of hydrogen-bond acceptors (Lipinski definition) is 3. The molecule has 3 aromatic rings. The van der Waals surface area contributed by atoms with Crippen LogP contribution in [0, 0.1) is 13.8 Å². The monoisotopic (exact) mass is 280 g/mol. The van der Waals surface area contributed by atoms with Crippen molar-refractivity contribution < 1.29 is 0 Å². The van der Waals surface area contributed by atoms with E-state index in [0.717, 1.165) is 11.9 Å². The van der Waals surface area contributed by atoms with E-state index in [4.69, 9.17) is 0 Å². The highest BCUT2D eigenvalue weighted by Crippen LogP contribution is 2.23. The Labute approximate surface area is 124 Å². The van der Waals surface area contributed by atoms with Crippen molar-refractivity contribution in [2.45, 2.75) is 26.3 Å². The Bertz CT molecular complexity index is 740. The first-order valence-corrected chi connectivity index (χ1v) is 7.19. The first-order chi connectivity index (χ1) is 10.2. The van der Waals surface area contributed by atoms with Crippen molar-refractivity contribution in [1.82, 2.24) is 19.9 Å². The zero-order chi connectivity index (χ0) is 14.8. The van der Waals surface area contributed by atoms with E-state index in [1.165, 1.54) is 22.3 Å². The quantitative estimate of drug-likeness (QED) is 0.799. The Morgan fingerprint density at radius 1 is 1.14 bits per heavy atom. The second-order valence-corrected chi connectivity index (χ2v) is 5.55. The minimum Gasteiger partial charge on any atom is -0.313 e. The number of rotatable bonds is 4. The first-order valence-electron chi connectivity index (χ1n) is 7.19. The second kappa shape index (κ2) is 5.66. The van der Waals surface area contributed by atoms with Crippen LogP contribution in [0.5, 0.6) is 0 Å².